The number of hydrogen-bond acceptors (Lipinski definition) is 3. The maximum Gasteiger partial charge on any atom is 0.148 e. The molecule has 18 heavy (non-hydrogen) atoms. The zero-order chi connectivity index (χ0) is 13.5. The molecule has 5 heteroatoms. The van der Waals surface area contributed by atoms with E-state index < -0.39 is 0 Å². The van der Waals surface area contributed by atoms with Crippen molar-refractivity contribution in [3.8, 4) is 17.9 Å². The van der Waals surface area contributed by atoms with Crippen LogP contribution in [0.15, 0.2) is 39.3 Å². The van der Waals surface area contributed by atoms with Gasteiger partial charge in [-0.25, -0.2) is 0 Å². The minimum Gasteiger partial charge on any atom is -0.487 e. The molecule has 0 N–H and O–H groups in total. The van der Waals surface area contributed by atoms with Gasteiger partial charge in [-0.15, -0.1) is 0 Å². The Balaban J connectivity index is 3.15. The Kier molecular flexibility index (Phi) is 5.64. The van der Waals surface area contributed by atoms with Crippen molar-refractivity contribution in [2.75, 3.05) is 6.61 Å². The Morgan fingerprint density at radius 3 is 2.28 bits per heavy atom. The van der Waals surface area contributed by atoms with E-state index in [1.54, 1.807) is 18.2 Å². The summed E-state index contributed by atoms with van der Waals surface area (Å²) in [5, 5.41) is 17.4. The number of ether oxygens (including phenoxy) is 1. The highest BCUT2D eigenvalue weighted by atomic mass is 79.9. The van der Waals surface area contributed by atoms with E-state index in [0.717, 1.165) is 14.5 Å². The van der Waals surface area contributed by atoms with E-state index in [2.05, 4.69) is 38.4 Å². The summed E-state index contributed by atoms with van der Waals surface area (Å²) in [4.78, 5) is 0. The van der Waals surface area contributed by atoms with Gasteiger partial charge >= 0.3 is 0 Å². The standard InChI is InChI=1S/C13H8Br2N2O/c1-2-3-18-13-11(14)5-9(6-12(13)15)4-10(7-16)8-17/h2,4-6H,1,3H2. The molecule has 90 valence electrons. The molecule has 0 unspecified atom stereocenters. The molecule has 0 spiro atoms. The molecule has 0 saturated carbocycles. The molecule has 0 bridgehead atoms. The van der Waals surface area contributed by atoms with Crippen LogP contribution < -0.4 is 4.74 Å². The summed E-state index contributed by atoms with van der Waals surface area (Å²) in [5.41, 5.74) is 0.784. The van der Waals surface area contributed by atoms with E-state index >= 15 is 0 Å². The first kappa shape index (κ1) is 14.5. The van der Waals surface area contributed by atoms with Gasteiger partial charge in [0, 0.05) is 0 Å². The van der Waals surface area contributed by atoms with E-state index in [-0.39, 0.29) is 5.57 Å². The van der Waals surface area contributed by atoms with Gasteiger partial charge in [-0.1, -0.05) is 12.7 Å². The summed E-state index contributed by atoms with van der Waals surface area (Å²) in [6, 6.07) is 7.18. The van der Waals surface area contributed by atoms with Gasteiger partial charge < -0.3 is 4.74 Å². The molecule has 0 amide bonds. The topological polar surface area (TPSA) is 56.8 Å². The van der Waals surface area contributed by atoms with Crippen molar-refractivity contribution in [2.45, 2.75) is 0 Å². The molecule has 0 aromatic heterocycles. The molecule has 3 nitrogen and oxygen atoms in total. The van der Waals surface area contributed by atoms with Crippen LogP contribution in [0, 0.1) is 22.7 Å². The average Bonchev–Trinajstić information content (AvgIpc) is 2.35. The lowest BCUT2D eigenvalue weighted by Crippen LogP contribution is -1.95. The summed E-state index contributed by atoms with van der Waals surface area (Å²) in [6.07, 6.45) is 3.16. The second-order valence-corrected chi connectivity index (χ2v) is 4.90. The van der Waals surface area contributed by atoms with Gasteiger partial charge in [-0.05, 0) is 55.6 Å². The number of nitriles is 2. The van der Waals surface area contributed by atoms with Gasteiger partial charge in [0.2, 0.25) is 0 Å². The van der Waals surface area contributed by atoms with Crippen molar-refractivity contribution < 1.29 is 4.74 Å². The Bertz CT molecular complexity index is 541. The summed E-state index contributed by atoms with van der Waals surface area (Å²) in [5.74, 6) is 0.655. The molecule has 0 saturated heterocycles. The molecule has 0 aliphatic rings. The lowest BCUT2D eigenvalue weighted by atomic mass is 10.1. The van der Waals surface area contributed by atoms with Gasteiger partial charge in [0.1, 0.15) is 30.1 Å². The number of nitrogens with zero attached hydrogens (tertiary/aromatic N) is 2. The van der Waals surface area contributed by atoms with Crippen LogP contribution in [0.3, 0.4) is 0 Å². The number of halogens is 2. The fourth-order valence-electron chi connectivity index (χ4n) is 1.20. The Hall–Kier alpha value is -1.56. The quantitative estimate of drug-likeness (QED) is 0.591. The maximum atomic E-state index is 8.70. The summed E-state index contributed by atoms with van der Waals surface area (Å²) < 4.78 is 6.94. The molecule has 0 radical (unpaired) electrons. The first-order valence-electron chi connectivity index (χ1n) is 4.87. The predicted octanol–water partition coefficient (Wildman–Crippen LogP) is 4.21. The summed E-state index contributed by atoms with van der Waals surface area (Å²) >= 11 is 6.76. The first-order valence-corrected chi connectivity index (χ1v) is 6.45. The number of allylic oxidation sites excluding steroid dienone is 1. The zero-order valence-corrected chi connectivity index (χ0v) is 12.5. The zero-order valence-electron chi connectivity index (χ0n) is 9.28. The highest BCUT2D eigenvalue weighted by Crippen LogP contribution is 2.35. The average molecular weight is 368 g/mol. The second-order valence-electron chi connectivity index (χ2n) is 3.19. The van der Waals surface area contributed by atoms with Crippen LogP contribution in [-0.2, 0) is 0 Å². The first-order chi connectivity index (χ1) is 8.62. The Morgan fingerprint density at radius 1 is 1.28 bits per heavy atom. The molecular formula is C13H8Br2N2O. The third-order valence-corrected chi connectivity index (χ3v) is 3.10. The Labute approximate surface area is 122 Å². The summed E-state index contributed by atoms with van der Waals surface area (Å²) in [6.45, 7) is 3.97. The van der Waals surface area contributed by atoms with E-state index in [1.165, 1.54) is 6.08 Å². The molecular weight excluding hydrogens is 360 g/mol. The van der Waals surface area contributed by atoms with E-state index in [9.17, 15) is 0 Å². The molecule has 0 aliphatic heterocycles. The molecule has 0 aliphatic carbocycles. The monoisotopic (exact) mass is 366 g/mol. The molecule has 1 aromatic carbocycles. The van der Waals surface area contributed by atoms with Crippen LogP contribution in [0.4, 0.5) is 0 Å². The maximum absolute atomic E-state index is 8.70. The predicted molar refractivity (Wildman–Crippen MR) is 76.7 cm³/mol. The number of benzene rings is 1. The molecule has 0 fully saturated rings. The lowest BCUT2D eigenvalue weighted by Gasteiger charge is -2.09. The fourth-order valence-corrected chi connectivity index (χ4v) is 2.65. The van der Waals surface area contributed by atoms with Gasteiger partial charge in [0.25, 0.3) is 0 Å². The largest absolute Gasteiger partial charge is 0.487 e. The van der Waals surface area contributed by atoms with Gasteiger partial charge in [-0.3, -0.25) is 0 Å². The van der Waals surface area contributed by atoms with Crippen molar-refractivity contribution in [3.63, 3.8) is 0 Å². The lowest BCUT2D eigenvalue weighted by molar-refractivity contribution is 0.358. The molecule has 0 heterocycles. The van der Waals surface area contributed by atoms with E-state index in [1.807, 2.05) is 12.1 Å². The van der Waals surface area contributed by atoms with Crippen molar-refractivity contribution in [2.24, 2.45) is 0 Å². The van der Waals surface area contributed by atoms with Crippen molar-refractivity contribution in [1.29, 1.82) is 10.5 Å². The van der Waals surface area contributed by atoms with Gasteiger partial charge in [-0.2, -0.15) is 10.5 Å². The SMILES string of the molecule is C=CCOc1c(Br)cc(C=C(C#N)C#N)cc1Br. The van der Waals surface area contributed by atoms with Crippen LogP contribution in [0.25, 0.3) is 6.08 Å². The number of rotatable bonds is 4. The van der Waals surface area contributed by atoms with Crippen molar-refractivity contribution >= 4 is 37.9 Å². The Morgan fingerprint density at radius 2 is 1.83 bits per heavy atom. The third-order valence-electron chi connectivity index (χ3n) is 1.92. The van der Waals surface area contributed by atoms with Crippen LogP contribution in [-0.4, -0.2) is 6.61 Å². The second kappa shape index (κ2) is 7.00. The van der Waals surface area contributed by atoms with E-state index in [4.69, 9.17) is 15.3 Å². The van der Waals surface area contributed by atoms with Crippen molar-refractivity contribution in [3.05, 3.63) is 44.9 Å². The van der Waals surface area contributed by atoms with Crippen LogP contribution in [0.1, 0.15) is 5.56 Å². The summed E-state index contributed by atoms with van der Waals surface area (Å²) in [7, 11) is 0. The van der Waals surface area contributed by atoms with Crippen LogP contribution in [0.5, 0.6) is 5.75 Å². The molecule has 1 rings (SSSR count). The molecule has 0 atom stereocenters. The highest BCUT2D eigenvalue weighted by molar-refractivity contribution is 9.11. The third kappa shape index (κ3) is 3.73. The van der Waals surface area contributed by atoms with Crippen molar-refractivity contribution in [1.82, 2.24) is 0 Å². The van der Waals surface area contributed by atoms with Gasteiger partial charge in [0.15, 0.2) is 0 Å². The smallest absolute Gasteiger partial charge is 0.148 e. The van der Waals surface area contributed by atoms with Crippen LogP contribution >= 0.6 is 31.9 Å². The normalized spacial score (nSPS) is 8.89. The van der Waals surface area contributed by atoms with Gasteiger partial charge in [0.05, 0.1) is 8.95 Å². The number of hydrogen-bond donors (Lipinski definition) is 0. The minimum atomic E-state index is 0.0496. The van der Waals surface area contributed by atoms with Crippen LogP contribution in [0.2, 0.25) is 0 Å². The molecule has 1 aromatic rings. The highest BCUT2D eigenvalue weighted by Gasteiger charge is 2.08. The van der Waals surface area contributed by atoms with E-state index in [0.29, 0.717) is 12.4 Å². The minimum absolute atomic E-state index is 0.0496. The fraction of sp³-hybridized carbons (Fsp3) is 0.0769.